The first-order valence-electron chi connectivity index (χ1n) is 6.82. The Hall–Kier alpha value is -1.74. The van der Waals surface area contributed by atoms with Crippen LogP contribution < -0.4 is 4.74 Å². The molecule has 0 amide bonds. The second-order valence-corrected chi connectivity index (χ2v) is 5.29. The maximum Gasteiger partial charge on any atom is 0.122 e. The second kappa shape index (κ2) is 5.71. The van der Waals surface area contributed by atoms with Gasteiger partial charge in [0.15, 0.2) is 0 Å². The summed E-state index contributed by atoms with van der Waals surface area (Å²) < 4.78 is 11.0. The van der Waals surface area contributed by atoms with E-state index in [1.807, 2.05) is 39.8 Å². The van der Waals surface area contributed by atoms with Crippen molar-refractivity contribution in [1.82, 2.24) is 0 Å². The van der Waals surface area contributed by atoms with Crippen molar-refractivity contribution in [3.63, 3.8) is 0 Å². The highest BCUT2D eigenvalue weighted by atomic mass is 16.5. The molecule has 1 heterocycles. The zero-order valence-electron chi connectivity index (χ0n) is 12.8. The van der Waals surface area contributed by atoms with Crippen molar-refractivity contribution in [3.8, 4) is 5.75 Å². The third-order valence-corrected chi connectivity index (χ3v) is 3.80. The summed E-state index contributed by atoms with van der Waals surface area (Å²) in [5, 5.41) is 10.5. The number of rotatable bonds is 4. The summed E-state index contributed by atoms with van der Waals surface area (Å²) in [7, 11) is 1.65. The number of aliphatic hydroxyl groups excluding tert-OH is 1. The van der Waals surface area contributed by atoms with Gasteiger partial charge in [0.25, 0.3) is 0 Å². The molecule has 3 nitrogen and oxygen atoms in total. The minimum Gasteiger partial charge on any atom is -0.496 e. The van der Waals surface area contributed by atoms with Crippen molar-refractivity contribution in [2.24, 2.45) is 0 Å². The fourth-order valence-corrected chi connectivity index (χ4v) is 2.68. The molecule has 0 bridgehead atoms. The lowest BCUT2D eigenvalue weighted by Crippen LogP contribution is -2.05. The van der Waals surface area contributed by atoms with Crippen LogP contribution in [0.1, 0.15) is 39.9 Å². The van der Waals surface area contributed by atoms with E-state index in [1.54, 1.807) is 7.11 Å². The van der Waals surface area contributed by atoms with Crippen LogP contribution in [0.25, 0.3) is 0 Å². The molecule has 20 heavy (non-hydrogen) atoms. The molecule has 0 spiro atoms. The smallest absolute Gasteiger partial charge is 0.122 e. The summed E-state index contributed by atoms with van der Waals surface area (Å²) in [4.78, 5) is 0. The van der Waals surface area contributed by atoms with E-state index in [2.05, 4.69) is 6.07 Å². The van der Waals surface area contributed by atoms with Gasteiger partial charge in [0.1, 0.15) is 17.3 Å². The van der Waals surface area contributed by atoms with Crippen molar-refractivity contribution in [2.45, 2.75) is 40.2 Å². The highest BCUT2D eigenvalue weighted by Crippen LogP contribution is 2.31. The van der Waals surface area contributed by atoms with E-state index in [9.17, 15) is 5.11 Å². The highest BCUT2D eigenvalue weighted by Gasteiger charge is 2.20. The topological polar surface area (TPSA) is 42.6 Å². The van der Waals surface area contributed by atoms with E-state index < -0.39 is 6.10 Å². The van der Waals surface area contributed by atoms with Gasteiger partial charge in [0.2, 0.25) is 0 Å². The summed E-state index contributed by atoms with van der Waals surface area (Å²) in [6.45, 7) is 7.84. The first kappa shape index (κ1) is 14.7. The number of ether oxygens (including phenoxy) is 1. The van der Waals surface area contributed by atoms with Gasteiger partial charge in [-0.15, -0.1) is 0 Å². The number of aliphatic hydroxyl groups is 1. The van der Waals surface area contributed by atoms with E-state index in [1.165, 1.54) is 0 Å². The molecular weight excluding hydrogens is 252 g/mol. The number of furan rings is 1. The van der Waals surface area contributed by atoms with Gasteiger partial charge in [0, 0.05) is 12.0 Å². The molecule has 0 aliphatic carbocycles. The Morgan fingerprint density at radius 2 is 1.85 bits per heavy atom. The largest absolute Gasteiger partial charge is 0.496 e. The van der Waals surface area contributed by atoms with Crippen LogP contribution in [0.5, 0.6) is 5.75 Å². The third kappa shape index (κ3) is 2.73. The molecule has 2 aromatic rings. The molecule has 1 N–H and O–H groups in total. The maximum atomic E-state index is 10.5. The van der Waals surface area contributed by atoms with Crippen molar-refractivity contribution >= 4 is 0 Å². The SMILES string of the molecule is COc1ccc(C)cc1CC(O)c1c(C)oc(C)c1C. The Bertz CT molecular complexity index is 611. The molecular formula is C17H22O3. The molecule has 1 aromatic carbocycles. The minimum absolute atomic E-state index is 0.519. The first-order chi connectivity index (χ1) is 9.43. The zero-order chi connectivity index (χ0) is 14.9. The minimum atomic E-state index is -0.580. The maximum absolute atomic E-state index is 10.5. The Balaban J connectivity index is 2.32. The summed E-state index contributed by atoms with van der Waals surface area (Å²) >= 11 is 0. The lowest BCUT2D eigenvalue weighted by Gasteiger charge is -2.14. The van der Waals surface area contributed by atoms with Crippen molar-refractivity contribution in [3.05, 3.63) is 52.0 Å². The lowest BCUT2D eigenvalue weighted by atomic mass is 9.97. The number of hydrogen-bond donors (Lipinski definition) is 1. The fourth-order valence-electron chi connectivity index (χ4n) is 2.68. The van der Waals surface area contributed by atoms with Gasteiger partial charge in [-0.3, -0.25) is 0 Å². The van der Waals surface area contributed by atoms with Gasteiger partial charge in [-0.25, -0.2) is 0 Å². The lowest BCUT2D eigenvalue weighted by molar-refractivity contribution is 0.174. The summed E-state index contributed by atoms with van der Waals surface area (Å²) in [6.07, 6.45) is -0.0611. The summed E-state index contributed by atoms with van der Waals surface area (Å²) in [6, 6.07) is 6.00. The number of benzene rings is 1. The summed E-state index contributed by atoms with van der Waals surface area (Å²) in [5.41, 5.74) is 4.09. The van der Waals surface area contributed by atoms with Crippen LogP contribution in [0, 0.1) is 27.7 Å². The van der Waals surface area contributed by atoms with Gasteiger partial charge in [-0.1, -0.05) is 17.7 Å². The number of hydrogen-bond acceptors (Lipinski definition) is 3. The van der Waals surface area contributed by atoms with Gasteiger partial charge in [-0.05, 0) is 44.9 Å². The van der Waals surface area contributed by atoms with Gasteiger partial charge < -0.3 is 14.3 Å². The molecule has 0 aliphatic rings. The molecule has 1 aromatic heterocycles. The average molecular weight is 274 g/mol. The van der Waals surface area contributed by atoms with Crippen LogP contribution >= 0.6 is 0 Å². The average Bonchev–Trinajstić information content (AvgIpc) is 2.63. The van der Waals surface area contributed by atoms with Crippen molar-refractivity contribution < 1.29 is 14.3 Å². The van der Waals surface area contributed by atoms with Gasteiger partial charge in [0.05, 0.1) is 13.2 Å². The van der Waals surface area contributed by atoms with Crippen LogP contribution in [-0.2, 0) is 6.42 Å². The van der Waals surface area contributed by atoms with Crippen LogP contribution in [0.15, 0.2) is 22.6 Å². The Morgan fingerprint density at radius 1 is 1.15 bits per heavy atom. The molecule has 1 atom stereocenters. The molecule has 2 rings (SSSR count). The van der Waals surface area contributed by atoms with Crippen LogP contribution in [0.4, 0.5) is 0 Å². The molecule has 0 saturated heterocycles. The highest BCUT2D eigenvalue weighted by molar-refractivity contribution is 5.40. The molecule has 0 saturated carbocycles. The zero-order valence-corrected chi connectivity index (χ0v) is 12.8. The molecule has 108 valence electrons. The van der Waals surface area contributed by atoms with Crippen LogP contribution in [0.2, 0.25) is 0 Å². The van der Waals surface area contributed by atoms with Crippen molar-refractivity contribution in [1.29, 1.82) is 0 Å². The van der Waals surface area contributed by atoms with E-state index in [0.717, 1.165) is 39.5 Å². The van der Waals surface area contributed by atoms with E-state index in [4.69, 9.17) is 9.15 Å². The standard InChI is InChI=1S/C17H22O3/c1-10-6-7-16(19-5)14(8-10)9-15(18)17-11(2)12(3)20-13(17)4/h6-8,15,18H,9H2,1-5H3. The summed E-state index contributed by atoms with van der Waals surface area (Å²) in [5.74, 6) is 2.47. The first-order valence-corrected chi connectivity index (χ1v) is 6.82. The third-order valence-electron chi connectivity index (χ3n) is 3.80. The van der Waals surface area contributed by atoms with Gasteiger partial charge in [-0.2, -0.15) is 0 Å². The molecule has 3 heteroatoms. The van der Waals surface area contributed by atoms with E-state index >= 15 is 0 Å². The predicted molar refractivity (Wildman–Crippen MR) is 79.3 cm³/mol. The molecule has 0 radical (unpaired) electrons. The quantitative estimate of drug-likeness (QED) is 0.922. The number of aryl methyl sites for hydroxylation is 3. The predicted octanol–water partition coefficient (Wildman–Crippen LogP) is 3.80. The fraction of sp³-hybridized carbons (Fsp3) is 0.412. The van der Waals surface area contributed by atoms with E-state index in [-0.39, 0.29) is 0 Å². The van der Waals surface area contributed by atoms with Crippen LogP contribution in [-0.4, -0.2) is 12.2 Å². The molecule has 1 unspecified atom stereocenters. The number of methoxy groups -OCH3 is 1. The molecule has 0 aliphatic heterocycles. The van der Waals surface area contributed by atoms with Crippen LogP contribution in [0.3, 0.4) is 0 Å². The monoisotopic (exact) mass is 274 g/mol. The van der Waals surface area contributed by atoms with E-state index in [0.29, 0.717) is 6.42 Å². The Kier molecular flexibility index (Phi) is 4.19. The van der Waals surface area contributed by atoms with Gasteiger partial charge >= 0.3 is 0 Å². The second-order valence-electron chi connectivity index (χ2n) is 5.29. The normalized spacial score (nSPS) is 12.5. The Labute approximate surface area is 120 Å². The molecule has 0 fully saturated rings. The Morgan fingerprint density at radius 3 is 2.40 bits per heavy atom. The van der Waals surface area contributed by atoms with Crippen molar-refractivity contribution in [2.75, 3.05) is 7.11 Å².